The van der Waals surface area contributed by atoms with Gasteiger partial charge in [-0.05, 0) is 12.8 Å². The van der Waals surface area contributed by atoms with E-state index in [1.165, 1.54) is 19.3 Å². The molecule has 1 aliphatic heterocycles. The topological polar surface area (TPSA) is 55.3 Å². The second kappa shape index (κ2) is 6.00. The van der Waals surface area contributed by atoms with Crippen LogP contribution in [0.2, 0.25) is 0 Å². The van der Waals surface area contributed by atoms with E-state index in [0.717, 1.165) is 25.9 Å². The summed E-state index contributed by atoms with van der Waals surface area (Å²) in [5, 5.41) is 0. The number of hydrogen-bond acceptors (Lipinski definition) is 2. The van der Waals surface area contributed by atoms with Crippen LogP contribution in [-0.4, -0.2) is 23.9 Å². The Labute approximate surface area is 74.7 Å². The fourth-order valence-electron chi connectivity index (χ4n) is 1.49. The third-order valence-corrected chi connectivity index (χ3v) is 2.20. The van der Waals surface area contributed by atoms with E-state index < -0.39 is 0 Å². The summed E-state index contributed by atoms with van der Waals surface area (Å²) in [6.07, 6.45) is 5.53. The fraction of sp³-hybridized carbons (Fsp3) is 0.889. The molecule has 3 N–H and O–H groups in total. The Hall–Kier alpha value is -0.570. The molecule has 3 heteroatoms. The summed E-state index contributed by atoms with van der Waals surface area (Å²) in [6, 6.07) is 0. The molecule has 0 aliphatic carbocycles. The largest absolute Gasteiger partial charge is 0.344 e. The van der Waals surface area contributed by atoms with Crippen LogP contribution in [0.25, 0.3) is 0 Å². The van der Waals surface area contributed by atoms with E-state index in [-0.39, 0.29) is 6.15 Å². The van der Waals surface area contributed by atoms with E-state index >= 15 is 0 Å². The van der Waals surface area contributed by atoms with Gasteiger partial charge in [0.05, 0.1) is 0 Å². The number of carbonyl (C=O) groups is 1. The van der Waals surface area contributed by atoms with Gasteiger partial charge in [-0.1, -0.05) is 19.8 Å². The van der Waals surface area contributed by atoms with Gasteiger partial charge >= 0.3 is 0 Å². The molecular weight excluding hydrogens is 152 g/mol. The number of carbonyl (C=O) groups excluding carboxylic acids is 1. The van der Waals surface area contributed by atoms with Crippen LogP contribution in [0.4, 0.5) is 0 Å². The zero-order valence-corrected chi connectivity index (χ0v) is 8.01. The highest BCUT2D eigenvalue weighted by Gasteiger charge is 2.18. The molecule has 0 spiro atoms. The first-order valence-corrected chi connectivity index (χ1v) is 4.62. The Morgan fingerprint density at radius 1 is 1.42 bits per heavy atom. The highest BCUT2D eigenvalue weighted by molar-refractivity contribution is 5.77. The number of likely N-dealkylation sites (tertiary alicyclic amines) is 1. The van der Waals surface area contributed by atoms with E-state index in [9.17, 15) is 4.79 Å². The van der Waals surface area contributed by atoms with Gasteiger partial charge < -0.3 is 11.1 Å². The second-order valence-corrected chi connectivity index (χ2v) is 3.19. The molecule has 72 valence electrons. The molecule has 1 amide bonds. The van der Waals surface area contributed by atoms with Crippen molar-refractivity contribution in [2.75, 3.05) is 13.1 Å². The Morgan fingerprint density at radius 2 is 2.17 bits per heavy atom. The lowest BCUT2D eigenvalue weighted by molar-refractivity contribution is -0.127. The van der Waals surface area contributed by atoms with Gasteiger partial charge in [0.1, 0.15) is 0 Å². The number of nitrogens with zero attached hydrogens (tertiary/aromatic N) is 1. The van der Waals surface area contributed by atoms with Crippen LogP contribution in [0, 0.1) is 0 Å². The number of rotatable bonds is 4. The lowest BCUT2D eigenvalue weighted by Crippen LogP contribution is -2.25. The minimum atomic E-state index is 0. The van der Waals surface area contributed by atoms with Gasteiger partial charge in [-0.25, -0.2) is 0 Å². The van der Waals surface area contributed by atoms with Crippen molar-refractivity contribution < 1.29 is 4.79 Å². The molecule has 0 aromatic rings. The molecule has 1 aliphatic rings. The standard InChI is InChI=1S/C9H17NO.H3N/c1-2-3-4-7-10-8-5-6-9(10)11;/h2-8H2,1H3;1H3. The van der Waals surface area contributed by atoms with Crippen LogP contribution in [-0.2, 0) is 4.79 Å². The lowest BCUT2D eigenvalue weighted by atomic mass is 10.2. The van der Waals surface area contributed by atoms with Crippen LogP contribution in [0.3, 0.4) is 0 Å². The molecule has 1 heterocycles. The number of unbranched alkanes of at least 4 members (excludes halogenated alkanes) is 2. The van der Waals surface area contributed by atoms with Gasteiger partial charge in [0, 0.05) is 19.5 Å². The summed E-state index contributed by atoms with van der Waals surface area (Å²) in [5.74, 6) is 0.362. The molecule has 0 radical (unpaired) electrons. The summed E-state index contributed by atoms with van der Waals surface area (Å²) in [5.41, 5.74) is 0. The quantitative estimate of drug-likeness (QED) is 0.659. The van der Waals surface area contributed by atoms with Crippen LogP contribution >= 0.6 is 0 Å². The highest BCUT2D eigenvalue weighted by Crippen LogP contribution is 2.10. The first-order valence-electron chi connectivity index (χ1n) is 4.62. The summed E-state index contributed by atoms with van der Waals surface area (Å²) < 4.78 is 0. The Bertz CT molecular complexity index is 136. The zero-order valence-electron chi connectivity index (χ0n) is 8.01. The first kappa shape index (κ1) is 11.4. The average molecular weight is 172 g/mol. The van der Waals surface area contributed by atoms with Crippen molar-refractivity contribution in [2.45, 2.75) is 39.0 Å². The molecule has 1 saturated heterocycles. The van der Waals surface area contributed by atoms with Crippen molar-refractivity contribution in [3.8, 4) is 0 Å². The van der Waals surface area contributed by atoms with E-state index in [0.29, 0.717) is 5.91 Å². The second-order valence-electron chi connectivity index (χ2n) is 3.19. The van der Waals surface area contributed by atoms with E-state index in [1.807, 2.05) is 4.90 Å². The van der Waals surface area contributed by atoms with Crippen molar-refractivity contribution in [2.24, 2.45) is 0 Å². The van der Waals surface area contributed by atoms with Crippen molar-refractivity contribution in [1.82, 2.24) is 11.1 Å². The maximum Gasteiger partial charge on any atom is 0.222 e. The summed E-state index contributed by atoms with van der Waals surface area (Å²) in [6.45, 7) is 4.18. The molecule has 0 saturated carbocycles. The molecule has 12 heavy (non-hydrogen) atoms. The molecule has 0 bridgehead atoms. The minimum Gasteiger partial charge on any atom is -0.344 e. The zero-order chi connectivity index (χ0) is 8.10. The molecule has 0 atom stereocenters. The maximum atomic E-state index is 11.1. The number of hydrogen-bond donors (Lipinski definition) is 1. The monoisotopic (exact) mass is 172 g/mol. The Balaban J connectivity index is 0.00000121. The predicted molar refractivity (Wildman–Crippen MR) is 50.4 cm³/mol. The normalized spacial score (nSPS) is 16.4. The molecular formula is C9H20N2O. The minimum absolute atomic E-state index is 0. The smallest absolute Gasteiger partial charge is 0.222 e. The van der Waals surface area contributed by atoms with Gasteiger partial charge in [0.15, 0.2) is 0 Å². The molecule has 1 rings (SSSR count). The average Bonchev–Trinajstić information content (AvgIpc) is 2.37. The maximum absolute atomic E-state index is 11.1. The van der Waals surface area contributed by atoms with Gasteiger partial charge in [0.25, 0.3) is 0 Å². The lowest BCUT2D eigenvalue weighted by Gasteiger charge is -2.14. The van der Waals surface area contributed by atoms with E-state index in [2.05, 4.69) is 6.92 Å². The number of amides is 1. The van der Waals surface area contributed by atoms with Crippen molar-refractivity contribution in [1.29, 1.82) is 0 Å². The Kier molecular flexibility index (Phi) is 5.72. The SMILES string of the molecule is CCCCCN1CCCC1=O.N. The van der Waals surface area contributed by atoms with Gasteiger partial charge in [-0.2, -0.15) is 0 Å². The molecule has 3 nitrogen and oxygen atoms in total. The van der Waals surface area contributed by atoms with E-state index in [4.69, 9.17) is 0 Å². The Morgan fingerprint density at radius 3 is 2.67 bits per heavy atom. The molecule has 0 aromatic carbocycles. The van der Waals surface area contributed by atoms with Crippen molar-refractivity contribution >= 4 is 5.91 Å². The summed E-state index contributed by atoms with van der Waals surface area (Å²) >= 11 is 0. The van der Waals surface area contributed by atoms with Crippen molar-refractivity contribution in [3.63, 3.8) is 0 Å². The molecule has 0 unspecified atom stereocenters. The summed E-state index contributed by atoms with van der Waals surface area (Å²) in [4.78, 5) is 13.1. The summed E-state index contributed by atoms with van der Waals surface area (Å²) in [7, 11) is 0. The third-order valence-electron chi connectivity index (χ3n) is 2.20. The van der Waals surface area contributed by atoms with Gasteiger partial charge in [-0.3, -0.25) is 4.79 Å². The van der Waals surface area contributed by atoms with Crippen molar-refractivity contribution in [3.05, 3.63) is 0 Å². The molecule has 1 fully saturated rings. The highest BCUT2D eigenvalue weighted by atomic mass is 16.2. The van der Waals surface area contributed by atoms with Crippen LogP contribution in [0.15, 0.2) is 0 Å². The third kappa shape index (κ3) is 3.22. The molecule has 0 aromatic heterocycles. The van der Waals surface area contributed by atoms with Crippen LogP contribution in [0.5, 0.6) is 0 Å². The van der Waals surface area contributed by atoms with Crippen LogP contribution in [0.1, 0.15) is 39.0 Å². The first-order chi connectivity index (χ1) is 5.34. The fourth-order valence-corrected chi connectivity index (χ4v) is 1.49. The van der Waals surface area contributed by atoms with Gasteiger partial charge in [-0.15, -0.1) is 0 Å². The predicted octanol–water partition coefficient (Wildman–Crippen LogP) is 1.96. The van der Waals surface area contributed by atoms with Gasteiger partial charge in [0.2, 0.25) is 5.91 Å². The van der Waals surface area contributed by atoms with E-state index in [1.54, 1.807) is 0 Å². The van der Waals surface area contributed by atoms with Crippen LogP contribution < -0.4 is 6.15 Å².